The molecule has 0 bridgehead atoms. The van der Waals surface area contributed by atoms with E-state index in [1.165, 1.54) is 5.56 Å². The number of aryl methyl sites for hydroxylation is 1. The molecule has 2 aliphatic rings. The molecule has 1 aliphatic carbocycles. The van der Waals surface area contributed by atoms with E-state index in [9.17, 15) is 9.59 Å². The van der Waals surface area contributed by atoms with Gasteiger partial charge in [0.15, 0.2) is 0 Å². The van der Waals surface area contributed by atoms with E-state index >= 15 is 0 Å². The molecule has 2 amide bonds. The lowest BCUT2D eigenvalue weighted by molar-refractivity contribution is -0.126. The highest BCUT2D eigenvalue weighted by Crippen LogP contribution is 2.45. The van der Waals surface area contributed by atoms with Gasteiger partial charge in [-0.1, -0.05) is 84.8 Å². The molecular weight excluding hydrogens is 408 g/mol. The molecule has 0 aromatic heterocycles. The minimum absolute atomic E-state index is 0.0287. The van der Waals surface area contributed by atoms with Gasteiger partial charge in [0.2, 0.25) is 0 Å². The summed E-state index contributed by atoms with van der Waals surface area (Å²) in [5.41, 5.74) is 4.21. The molecule has 2 fully saturated rings. The predicted octanol–water partition coefficient (Wildman–Crippen LogP) is 6.31. The van der Waals surface area contributed by atoms with Crippen molar-refractivity contribution < 1.29 is 9.59 Å². The summed E-state index contributed by atoms with van der Waals surface area (Å²) in [6.45, 7) is 2.57. The Balaban J connectivity index is 1.65. The third-order valence-electron chi connectivity index (χ3n) is 7.08. The van der Waals surface area contributed by atoms with Crippen molar-refractivity contribution in [2.75, 3.05) is 4.90 Å². The van der Waals surface area contributed by atoms with E-state index in [2.05, 4.69) is 43.3 Å². The van der Waals surface area contributed by atoms with E-state index in [1.807, 2.05) is 58.3 Å². The molecule has 3 aromatic carbocycles. The fourth-order valence-electron chi connectivity index (χ4n) is 5.44. The van der Waals surface area contributed by atoms with Crippen molar-refractivity contribution in [3.05, 3.63) is 102 Å². The molecule has 0 N–H and O–H groups in total. The zero-order valence-corrected chi connectivity index (χ0v) is 19.1. The van der Waals surface area contributed by atoms with Crippen LogP contribution in [0.15, 0.2) is 84.9 Å². The van der Waals surface area contributed by atoms with Gasteiger partial charge >= 0.3 is 6.03 Å². The first-order chi connectivity index (χ1) is 16.1. The van der Waals surface area contributed by atoms with Crippen LogP contribution in [-0.2, 0) is 11.3 Å². The third kappa shape index (κ3) is 4.18. The van der Waals surface area contributed by atoms with E-state index in [0.717, 1.165) is 36.1 Å². The van der Waals surface area contributed by atoms with Gasteiger partial charge in [0.1, 0.15) is 5.78 Å². The normalized spacial score (nSPS) is 23.2. The lowest BCUT2D eigenvalue weighted by atomic mass is 9.78. The Bertz CT molecular complexity index is 1110. The molecule has 1 unspecified atom stereocenters. The number of ketones is 1. The van der Waals surface area contributed by atoms with E-state index in [-0.39, 0.29) is 24.0 Å². The molecule has 33 heavy (non-hydrogen) atoms. The van der Waals surface area contributed by atoms with Gasteiger partial charge in [0.05, 0.1) is 12.1 Å². The maximum absolute atomic E-state index is 14.1. The van der Waals surface area contributed by atoms with Crippen molar-refractivity contribution >= 4 is 17.5 Å². The summed E-state index contributed by atoms with van der Waals surface area (Å²) >= 11 is 0. The first-order valence-electron chi connectivity index (χ1n) is 11.9. The summed E-state index contributed by atoms with van der Waals surface area (Å²) in [5.74, 6) is 0.149. The van der Waals surface area contributed by atoms with Crippen LogP contribution in [0.3, 0.4) is 0 Å². The average molecular weight is 439 g/mol. The number of urea groups is 1. The van der Waals surface area contributed by atoms with Crippen molar-refractivity contribution in [2.45, 2.75) is 51.2 Å². The quantitative estimate of drug-likeness (QED) is 0.469. The van der Waals surface area contributed by atoms with E-state index in [0.29, 0.717) is 18.7 Å². The fraction of sp³-hybridized carbons (Fsp3) is 0.310. The molecule has 168 valence electrons. The van der Waals surface area contributed by atoms with Crippen LogP contribution in [0.25, 0.3) is 0 Å². The second-order valence-corrected chi connectivity index (χ2v) is 9.27. The summed E-state index contributed by atoms with van der Waals surface area (Å²) in [5, 5.41) is 0. The van der Waals surface area contributed by atoms with Gasteiger partial charge in [0, 0.05) is 24.6 Å². The monoisotopic (exact) mass is 438 g/mol. The van der Waals surface area contributed by atoms with Gasteiger partial charge in [-0.3, -0.25) is 9.69 Å². The van der Waals surface area contributed by atoms with E-state index in [4.69, 9.17) is 0 Å². The number of hydrogen-bond donors (Lipinski definition) is 0. The Labute approximate surface area is 195 Å². The van der Waals surface area contributed by atoms with E-state index in [1.54, 1.807) is 0 Å². The highest BCUT2D eigenvalue weighted by atomic mass is 16.2. The van der Waals surface area contributed by atoms with Gasteiger partial charge in [-0.15, -0.1) is 0 Å². The molecule has 3 aromatic rings. The largest absolute Gasteiger partial charge is 0.325 e. The number of benzene rings is 3. The molecule has 5 rings (SSSR count). The number of anilines is 1. The minimum Gasteiger partial charge on any atom is -0.314 e. The SMILES string of the molecule is Cc1ccc([C@H]2[C@H](C3CCCCC3=O)N(Cc3ccccc3)C(=O)N2c2ccccc2)cc1. The van der Waals surface area contributed by atoms with E-state index < -0.39 is 0 Å². The maximum atomic E-state index is 14.1. The molecule has 0 spiro atoms. The number of carbonyl (C=O) groups is 2. The molecule has 1 saturated carbocycles. The highest BCUT2D eigenvalue weighted by molar-refractivity contribution is 5.97. The number of hydrogen-bond acceptors (Lipinski definition) is 2. The van der Waals surface area contributed by atoms with Crippen LogP contribution in [0.5, 0.6) is 0 Å². The molecular formula is C29H30N2O2. The molecule has 4 heteroatoms. The van der Waals surface area contributed by atoms with Crippen LogP contribution in [0.1, 0.15) is 48.4 Å². The second-order valence-electron chi connectivity index (χ2n) is 9.27. The summed E-state index contributed by atoms with van der Waals surface area (Å²) in [7, 11) is 0. The number of nitrogens with zero attached hydrogens (tertiary/aromatic N) is 2. The van der Waals surface area contributed by atoms with Crippen LogP contribution in [-0.4, -0.2) is 22.8 Å². The van der Waals surface area contributed by atoms with Gasteiger partial charge < -0.3 is 4.90 Å². The Morgan fingerprint density at radius 2 is 1.48 bits per heavy atom. The van der Waals surface area contributed by atoms with Crippen molar-refractivity contribution in [1.82, 2.24) is 4.90 Å². The second kappa shape index (κ2) is 9.22. The lowest BCUT2D eigenvalue weighted by Crippen LogP contribution is -2.43. The molecule has 1 aliphatic heterocycles. The highest BCUT2D eigenvalue weighted by Gasteiger charge is 2.52. The molecule has 0 radical (unpaired) electrons. The smallest absolute Gasteiger partial charge is 0.314 e. The lowest BCUT2D eigenvalue weighted by Gasteiger charge is -2.35. The summed E-state index contributed by atoms with van der Waals surface area (Å²) in [6.07, 6.45) is 3.44. The number of Topliss-reactive ketones (excluding diaryl/α,β-unsaturated/α-hetero) is 1. The summed E-state index contributed by atoms with van der Waals surface area (Å²) in [4.78, 5) is 31.1. The van der Waals surface area contributed by atoms with Crippen LogP contribution in [0.4, 0.5) is 10.5 Å². The van der Waals surface area contributed by atoms with Gasteiger partial charge in [-0.2, -0.15) is 0 Å². The first-order valence-corrected chi connectivity index (χ1v) is 11.9. The summed E-state index contributed by atoms with van der Waals surface area (Å²) < 4.78 is 0. The number of para-hydroxylation sites is 1. The van der Waals surface area contributed by atoms with Crippen LogP contribution >= 0.6 is 0 Å². The Kier molecular flexibility index (Phi) is 5.99. The molecule has 1 heterocycles. The molecule has 4 nitrogen and oxygen atoms in total. The number of carbonyl (C=O) groups excluding carboxylic acids is 2. The van der Waals surface area contributed by atoms with Crippen molar-refractivity contribution in [3.8, 4) is 0 Å². The van der Waals surface area contributed by atoms with Crippen molar-refractivity contribution in [3.63, 3.8) is 0 Å². The minimum atomic E-state index is -0.212. The average Bonchev–Trinajstić information content (AvgIpc) is 3.13. The predicted molar refractivity (Wildman–Crippen MR) is 131 cm³/mol. The third-order valence-corrected chi connectivity index (χ3v) is 7.08. The summed E-state index contributed by atoms with van der Waals surface area (Å²) in [6, 6.07) is 28.0. The molecule has 1 saturated heterocycles. The fourth-order valence-corrected chi connectivity index (χ4v) is 5.44. The molecule has 3 atom stereocenters. The standard InChI is InChI=1S/C29H30N2O2/c1-21-16-18-23(19-17-21)27-28(25-14-8-9-15-26(25)32)30(20-22-10-4-2-5-11-22)29(33)31(27)24-12-6-3-7-13-24/h2-7,10-13,16-19,25,27-28H,8-9,14-15,20H2,1H3/t25?,27-,28-/m0/s1. The Hall–Kier alpha value is -3.40. The van der Waals surface area contributed by atoms with Crippen LogP contribution < -0.4 is 4.90 Å². The zero-order chi connectivity index (χ0) is 22.8. The van der Waals surface area contributed by atoms with Gasteiger partial charge in [-0.25, -0.2) is 4.79 Å². The van der Waals surface area contributed by atoms with Crippen molar-refractivity contribution in [1.29, 1.82) is 0 Å². The van der Waals surface area contributed by atoms with Crippen molar-refractivity contribution in [2.24, 2.45) is 5.92 Å². The topological polar surface area (TPSA) is 40.6 Å². The maximum Gasteiger partial charge on any atom is 0.325 e. The number of amides is 2. The number of rotatable bonds is 5. The van der Waals surface area contributed by atoms with Crippen LogP contribution in [0.2, 0.25) is 0 Å². The Morgan fingerprint density at radius 3 is 2.15 bits per heavy atom. The Morgan fingerprint density at radius 1 is 0.818 bits per heavy atom. The van der Waals surface area contributed by atoms with Gasteiger partial charge in [0.25, 0.3) is 0 Å². The van der Waals surface area contributed by atoms with Gasteiger partial charge in [-0.05, 0) is 43.0 Å². The zero-order valence-electron chi connectivity index (χ0n) is 19.1. The van der Waals surface area contributed by atoms with Crippen LogP contribution in [0, 0.1) is 12.8 Å². The first kappa shape index (κ1) is 21.4.